The third kappa shape index (κ3) is 1.66. The summed E-state index contributed by atoms with van der Waals surface area (Å²) in [6.07, 6.45) is 0. The summed E-state index contributed by atoms with van der Waals surface area (Å²) in [5, 5.41) is 29.5. The zero-order valence-corrected chi connectivity index (χ0v) is 11.3. The molecule has 0 heterocycles. The lowest BCUT2D eigenvalue weighted by Gasteiger charge is -2.21. The van der Waals surface area contributed by atoms with Crippen molar-refractivity contribution in [3.8, 4) is 17.2 Å². The number of carbonyl (C=O) groups excluding carboxylic acids is 2. The van der Waals surface area contributed by atoms with Crippen molar-refractivity contribution < 1.29 is 24.9 Å². The van der Waals surface area contributed by atoms with Gasteiger partial charge in [-0.05, 0) is 17.7 Å². The first kappa shape index (κ1) is 13.9. The van der Waals surface area contributed by atoms with E-state index in [1.165, 1.54) is 12.1 Å². The minimum Gasteiger partial charge on any atom is -0.507 e. The van der Waals surface area contributed by atoms with Crippen LogP contribution in [0.5, 0.6) is 17.2 Å². The fraction of sp³-hybridized carbons (Fsp3) is 0.0667. The van der Waals surface area contributed by atoms with Crippen molar-refractivity contribution in [2.45, 2.75) is 6.54 Å². The number of phenols is 3. The highest BCUT2D eigenvalue weighted by Crippen LogP contribution is 2.42. The minimum atomic E-state index is -0.741. The summed E-state index contributed by atoms with van der Waals surface area (Å²) >= 11 is 0. The van der Waals surface area contributed by atoms with Crippen LogP contribution >= 0.6 is 0 Å². The first-order chi connectivity index (χ1) is 10.4. The predicted molar refractivity (Wildman–Crippen MR) is 77.0 cm³/mol. The number of phenolic OH excluding ortho intramolecular Hbond substituents is 3. The van der Waals surface area contributed by atoms with Gasteiger partial charge in [0.1, 0.15) is 17.2 Å². The van der Waals surface area contributed by atoms with Crippen molar-refractivity contribution in [2.75, 3.05) is 5.73 Å². The highest BCUT2D eigenvalue weighted by atomic mass is 16.3. The van der Waals surface area contributed by atoms with Crippen molar-refractivity contribution in [3.63, 3.8) is 0 Å². The fourth-order valence-corrected chi connectivity index (χ4v) is 2.62. The van der Waals surface area contributed by atoms with E-state index in [0.717, 1.165) is 6.07 Å². The molecule has 0 spiro atoms. The van der Waals surface area contributed by atoms with Crippen LogP contribution in [0.1, 0.15) is 37.4 Å². The monoisotopic (exact) mass is 300 g/mol. The van der Waals surface area contributed by atoms with Gasteiger partial charge < -0.3 is 26.8 Å². The summed E-state index contributed by atoms with van der Waals surface area (Å²) < 4.78 is 0. The average molecular weight is 300 g/mol. The second-order valence-corrected chi connectivity index (χ2v) is 4.98. The summed E-state index contributed by atoms with van der Waals surface area (Å²) in [5.74, 6) is -2.88. The maximum absolute atomic E-state index is 12.6. The highest BCUT2D eigenvalue weighted by Gasteiger charge is 2.37. The highest BCUT2D eigenvalue weighted by molar-refractivity contribution is 6.32. The molecule has 0 amide bonds. The minimum absolute atomic E-state index is 0.0605. The van der Waals surface area contributed by atoms with Crippen LogP contribution in [0.3, 0.4) is 0 Å². The van der Waals surface area contributed by atoms with E-state index in [4.69, 9.17) is 11.5 Å². The Hall–Kier alpha value is -3.06. The molecule has 1 aliphatic carbocycles. The molecule has 0 saturated heterocycles. The van der Waals surface area contributed by atoms with Gasteiger partial charge in [0, 0.05) is 18.2 Å². The molecule has 0 aliphatic heterocycles. The van der Waals surface area contributed by atoms with Crippen molar-refractivity contribution in [2.24, 2.45) is 5.73 Å². The third-order valence-corrected chi connectivity index (χ3v) is 3.66. The van der Waals surface area contributed by atoms with Gasteiger partial charge in [-0.15, -0.1) is 0 Å². The number of anilines is 1. The SMILES string of the molecule is NCc1cc(O)c2c(c1)C(=O)c1c(N)c(O)cc(O)c1C2=O. The van der Waals surface area contributed by atoms with Crippen molar-refractivity contribution in [3.05, 3.63) is 46.0 Å². The molecule has 0 saturated carbocycles. The van der Waals surface area contributed by atoms with Crippen LogP contribution in [0, 0.1) is 0 Å². The molecule has 0 fully saturated rings. The van der Waals surface area contributed by atoms with E-state index < -0.39 is 28.8 Å². The molecule has 0 unspecified atom stereocenters. The maximum atomic E-state index is 12.6. The number of nitrogen functional groups attached to an aromatic ring is 1. The molecular formula is C15H12N2O5. The fourth-order valence-electron chi connectivity index (χ4n) is 2.62. The quantitative estimate of drug-likeness (QED) is 0.251. The lowest BCUT2D eigenvalue weighted by molar-refractivity contribution is 0.0974. The Kier molecular flexibility index (Phi) is 2.82. The third-order valence-electron chi connectivity index (χ3n) is 3.66. The van der Waals surface area contributed by atoms with Crippen LogP contribution in [-0.2, 0) is 6.54 Å². The lowest BCUT2D eigenvalue weighted by atomic mass is 9.81. The first-order valence-corrected chi connectivity index (χ1v) is 6.36. The summed E-state index contributed by atoms with van der Waals surface area (Å²) in [6, 6.07) is 3.56. The molecule has 3 rings (SSSR count). The molecule has 7 N–H and O–H groups in total. The van der Waals surface area contributed by atoms with Gasteiger partial charge in [-0.2, -0.15) is 0 Å². The normalized spacial score (nSPS) is 13.0. The molecular weight excluding hydrogens is 288 g/mol. The van der Waals surface area contributed by atoms with E-state index in [0.29, 0.717) is 5.56 Å². The molecule has 22 heavy (non-hydrogen) atoms. The molecule has 2 aromatic rings. The topological polar surface area (TPSA) is 147 Å². The lowest BCUT2D eigenvalue weighted by Crippen LogP contribution is -2.23. The number of hydrogen-bond acceptors (Lipinski definition) is 7. The number of rotatable bonds is 1. The van der Waals surface area contributed by atoms with Crippen molar-refractivity contribution in [1.82, 2.24) is 0 Å². The molecule has 7 heteroatoms. The van der Waals surface area contributed by atoms with E-state index in [9.17, 15) is 24.9 Å². The standard InChI is InChI=1S/C15H12N2O5/c16-4-5-1-6-10(7(18)2-5)15(22)11-8(19)3-9(20)13(17)12(11)14(6)21/h1-3,18-20H,4,16-17H2. The maximum Gasteiger partial charge on any atom is 0.202 e. The molecule has 0 bridgehead atoms. The number of benzene rings is 2. The second-order valence-electron chi connectivity index (χ2n) is 4.98. The Morgan fingerprint density at radius 1 is 0.818 bits per heavy atom. The Balaban J connectivity index is 2.40. The predicted octanol–water partition coefficient (Wildman–Crippen LogP) is 0.620. The zero-order valence-electron chi connectivity index (χ0n) is 11.3. The Morgan fingerprint density at radius 3 is 2.09 bits per heavy atom. The Morgan fingerprint density at radius 2 is 1.45 bits per heavy atom. The number of hydrogen-bond donors (Lipinski definition) is 5. The van der Waals surface area contributed by atoms with Crippen LogP contribution in [0.2, 0.25) is 0 Å². The van der Waals surface area contributed by atoms with Crippen LogP contribution in [0.25, 0.3) is 0 Å². The van der Waals surface area contributed by atoms with E-state index in [1.54, 1.807) is 0 Å². The molecule has 7 nitrogen and oxygen atoms in total. The summed E-state index contributed by atoms with van der Waals surface area (Å²) in [5.41, 5.74) is 10.4. The largest absolute Gasteiger partial charge is 0.507 e. The van der Waals surface area contributed by atoms with Gasteiger partial charge in [0.05, 0.1) is 22.4 Å². The second kappa shape index (κ2) is 4.47. The van der Waals surface area contributed by atoms with E-state index >= 15 is 0 Å². The van der Waals surface area contributed by atoms with Gasteiger partial charge in [0.25, 0.3) is 0 Å². The van der Waals surface area contributed by atoms with Gasteiger partial charge in [-0.1, -0.05) is 0 Å². The Labute approximate surface area is 124 Å². The average Bonchev–Trinajstić information content (AvgIpc) is 2.47. The van der Waals surface area contributed by atoms with E-state index in [2.05, 4.69) is 0 Å². The molecule has 2 aromatic carbocycles. The number of aromatic hydroxyl groups is 3. The van der Waals surface area contributed by atoms with Crippen molar-refractivity contribution in [1.29, 1.82) is 0 Å². The van der Waals surface area contributed by atoms with Crippen LogP contribution in [0.15, 0.2) is 18.2 Å². The van der Waals surface area contributed by atoms with Gasteiger partial charge in [-0.3, -0.25) is 9.59 Å². The van der Waals surface area contributed by atoms with E-state index in [1.807, 2.05) is 0 Å². The number of fused-ring (bicyclic) bond motifs is 2. The first-order valence-electron chi connectivity index (χ1n) is 6.36. The molecule has 112 valence electrons. The number of carbonyl (C=O) groups is 2. The summed E-state index contributed by atoms with van der Waals surface area (Å²) in [7, 11) is 0. The van der Waals surface area contributed by atoms with Crippen LogP contribution < -0.4 is 11.5 Å². The molecule has 1 aliphatic rings. The van der Waals surface area contributed by atoms with Crippen molar-refractivity contribution >= 4 is 17.3 Å². The number of ketones is 2. The van der Waals surface area contributed by atoms with Gasteiger partial charge >= 0.3 is 0 Å². The van der Waals surface area contributed by atoms with Gasteiger partial charge in [0.2, 0.25) is 5.78 Å². The molecule has 0 aromatic heterocycles. The molecule has 0 atom stereocenters. The number of nitrogens with two attached hydrogens (primary N) is 2. The Bertz CT molecular complexity index is 858. The smallest absolute Gasteiger partial charge is 0.202 e. The zero-order chi connectivity index (χ0) is 16.2. The van der Waals surface area contributed by atoms with Crippen LogP contribution in [0.4, 0.5) is 5.69 Å². The molecule has 0 radical (unpaired) electrons. The van der Waals surface area contributed by atoms with Gasteiger partial charge in [-0.25, -0.2) is 0 Å². The van der Waals surface area contributed by atoms with Gasteiger partial charge in [0.15, 0.2) is 5.78 Å². The van der Waals surface area contributed by atoms with E-state index in [-0.39, 0.29) is 34.5 Å². The summed E-state index contributed by atoms with van der Waals surface area (Å²) in [6.45, 7) is 0.0654. The van der Waals surface area contributed by atoms with Crippen LogP contribution in [-0.4, -0.2) is 26.9 Å². The summed E-state index contributed by atoms with van der Waals surface area (Å²) in [4.78, 5) is 25.1.